The number of likely N-dealkylation sites (tertiary alicyclic amines) is 1. The molecule has 2 fully saturated rings. The van der Waals surface area contributed by atoms with Crippen molar-refractivity contribution in [3.8, 4) is 0 Å². The van der Waals surface area contributed by atoms with Crippen molar-refractivity contribution in [3.63, 3.8) is 0 Å². The number of aliphatic hydroxyl groups is 1. The minimum atomic E-state index is -0.0725. The van der Waals surface area contributed by atoms with E-state index in [-0.39, 0.29) is 6.10 Å². The third-order valence-corrected chi connectivity index (χ3v) is 5.22. The number of aliphatic hydroxyl groups excluding tert-OH is 1. The second-order valence-corrected chi connectivity index (χ2v) is 6.86. The summed E-state index contributed by atoms with van der Waals surface area (Å²) in [6.45, 7) is 5.48. The van der Waals surface area contributed by atoms with Crippen molar-refractivity contribution in [2.45, 2.75) is 57.3 Å². The van der Waals surface area contributed by atoms with Gasteiger partial charge >= 0.3 is 0 Å². The van der Waals surface area contributed by atoms with Crippen LogP contribution in [-0.2, 0) is 6.54 Å². The van der Waals surface area contributed by atoms with E-state index in [9.17, 15) is 5.11 Å². The van der Waals surface area contributed by atoms with Crippen molar-refractivity contribution < 1.29 is 5.11 Å². The van der Waals surface area contributed by atoms with E-state index in [1.165, 1.54) is 24.8 Å². The van der Waals surface area contributed by atoms with Crippen LogP contribution in [0.25, 0.3) is 0 Å². The van der Waals surface area contributed by atoms with Gasteiger partial charge in [-0.2, -0.15) is 0 Å². The predicted molar refractivity (Wildman–Crippen MR) is 86.1 cm³/mol. The maximum atomic E-state index is 9.91. The number of hydrogen-bond donors (Lipinski definition) is 2. The molecule has 2 N–H and O–H groups in total. The van der Waals surface area contributed by atoms with Crippen molar-refractivity contribution in [1.82, 2.24) is 10.2 Å². The Hall–Kier alpha value is -0.900. The SMILES string of the molecule is CC1CC(NCC2CCCC2O)CN1Cc1ccccc1. The molecule has 1 saturated carbocycles. The number of rotatable bonds is 5. The van der Waals surface area contributed by atoms with Gasteiger partial charge < -0.3 is 10.4 Å². The molecule has 1 aliphatic heterocycles. The highest BCUT2D eigenvalue weighted by molar-refractivity contribution is 5.15. The summed E-state index contributed by atoms with van der Waals surface area (Å²) < 4.78 is 0. The topological polar surface area (TPSA) is 35.5 Å². The lowest BCUT2D eigenvalue weighted by Crippen LogP contribution is -2.37. The fraction of sp³-hybridized carbons (Fsp3) is 0.667. The van der Waals surface area contributed by atoms with E-state index in [0.29, 0.717) is 18.0 Å². The summed E-state index contributed by atoms with van der Waals surface area (Å²) in [4.78, 5) is 2.57. The zero-order valence-electron chi connectivity index (χ0n) is 13.0. The first kappa shape index (κ1) is 15.0. The largest absolute Gasteiger partial charge is 0.393 e. The summed E-state index contributed by atoms with van der Waals surface area (Å²) in [7, 11) is 0. The molecule has 3 heteroatoms. The van der Waals surface area contributed by atoms with Gasteiger partial charge in [-0.05, 0) is 37.7 Å². The predicted octanol–water partition coefficient (Wildman–Crippen LogP) is 2.40. The maximum absolute atomic E-state index is 9.91. The molecule has 2 aliphatic rings. The van der Waals surface area contributed by atoms with Crippen LogP contribution in [0.15, 0.2) is 30.3 Å². The molecule has 0 bridgehead atoms. The average molecular weight is 288 g/mol. The summed E-state index contributed by atoms with van der Waals surface area (Å²) in [6.07, 6.45) is 4.51. The summed E-state index contributed by atoms with van der Waals surface area (Å²) in [5.41, 5.74) is 1.40. The molecule has 3 rings (SSSR count). The van der Waals surface area contributed by atoms with E-state index in [0.717, 1.165) is 26.1 Å². The number of hydrogen-bond acceptors (Lipinski definition) is 3. The Morgan fingerprint density at radius 1 is 1.24 bits per heavy atom. The summed E-state index contributed by atoms with van der Waals surface area (Å²) in [6, 6.07) is 12.0. The number of nitrogens with zero attached hydrogens (tertiary/aromatic N) is 1. The first-order chi connectivity index (χ1) is 10.2. The van der Waals surface area contributed by atoms with Crippen LogP contribution in [0.1, 0.15) is 38.2 Å². The van der Waals surface area contributed by atoms with Crippen LogP contribution in [0.3, 0.4) is 0 Å². The van der Waals surface area contributed by atoms with Gasteiger partial charge in [-0.3, -0.25) is 4.90 Å². The van der Waals surface area contributed by atoms with Crippen LogP contribution in [-0.4, -0.2) is 41.3 Å². The van der Waals surface area contributed by atoms with Gasteiger partial charge in [0.1, 0.15) is 0 Å². The normalized spacial score (nSPS) is 33.6. The average Bonchev–Trinajstić information content (AvgIpc) is 3.04. The monoisotopic (exact) mass is 288 g/mol. The fourth-order valence-corrected chi connectivity index (χ4v) is 3.86. The first-order valence-corrected chi connectivity index (χ1v) is 8.42. The van der Waals surface area contributed by atoms with Gasteiger partial charge in [0.2, 0.25) is 0 Å². The lowest BCUT2D eigenvalue weighted by Gasteiger charge is -2.21. The molecule has 1 saturated heterocycles. The minimum absolute atomic E-state index is 0.0725. The summed E-state index contributed by atoms with van der Waals surface area (Å²) in [5, 5.41) is 13.6. The Morgan fingerprint density at radius 2 is 2.05 bits per heavy atom. The van der Waals surface area contributed by atoms with Crippen LogP contribution in [0.4, 0.5) is 0 Å². The third-order valence-electron chi connectivity index (χ3n) is 5.22. The van der Waals surface area contributed by atoms with Gasteiger partial charge in [0.05, 0.1) is 6.10 Å². The Kier molecular flexibility index (Phi) is 4.94. The Bertz CT molecular complexity index is 436. The minimum Gasteiger partial charge on any atom is -0.393 e. The highest BCUT2D eigenvalue weighted by Crippen LogP contribution is 2.26. The molecule has 1 aromatic carbocycles. The van der Waals surface area contributed by atoms with Gasteiger partial charge in [0.15, 0.2) is 0 Å². The van der Waals surface area contributed by atoms with Crippen LogP contribution in [0, 0.1) is 5.92 Å². The lowest BCUT2D eigenvalue weighted by molar-refractivity contribution is 0.130. The van der Waals surface area contributed by atoms with Crippen LogP contribution in [0.2, 0.25) is 0 Å². The molecular weight excluding hydrogens is 260 g/mol. The van der Waals surface area contributed by atoms with Crippen LogP contribution < -0.4 is 5.32 Å². The molecule has 1 aromatic rings. The molecule has 1 aliphatic carbocycles. The molecule has 0 amide bonds. The molecule has 4 atom stereocenters. The van der Waals surface area contributed by atoms with E-state index < -0.39 is 0 Å². The first-order valence-electron chi connectivity index (χ1n) is 8.42. The third kappa shape index (κ3) is 3.85. The van der Waals surface area contributed by atoms with Gasteiger partial charge in [-0.15, -0.1) is 0 Å². The zero-order valence-corrected chi connectivity index (χ0v) is 13.0. The molecular formula is C18H28N2O. The molecule has 116 valence electrons. The molecule has 0 aromatic heterocycles. The quantitative estimate of drug-likeness (QED) is 0.873. The Morgan fingerprint density at radius 3 is 2.76 bits per heavy atom. The number of benzene rings is 1. The smallest absolute Gasteiger partial charge is 0.0580 e. The van der Waals surface area contributed by atoms with Crippen LogP contribution >= 0.6 is 0 Å². The summed E-state index contributed by atoms with van der Waals surface area (Å²) >= 11 is 0. The van der Waals surface area contributed by atoms with E-state index in [1.807, 2.05) is 0 Å². The van der Waals surface area contributed by atoms with Gasteiger partial charge in [0, 0.05) is 31.7 Å². The van der Waals surface area contributed by atoms with E-state index >= 15 is 0 Å². The van der Waals surface area contributed by atoms with Crippen LogP contribution in [0.5, 0.6) is 0 Å². The molecule has 0 spiro atoms. The van der Waals surface area contributed by atoms with Gasteiger partial charge in [0.25, 0.3) is 0 Å². The summed E-state index contributed by atoms with van der Waals surface area (Å²) in [5.74, 6) is 0.475. The molecule has 1 heterocycles. The highest BCUT2D eigenvalue weighted by Gasteiger charge is 2.31. The molecule has 0 radical (unpaired) electrons. The molecule has 21 heavy (non-hydrogen) atoms. The number of nitrogens with one attached hydrogen (secondary N) is 1. The van der Waals surface area contributed by atoms with E-state index in [1.54, 1.807) is 0 Å². The van der Waals surface area contributed by atoms with E-state index in [4.69, 9.17) is 0 Å². The van der Waals surface area contributed by atoms with Crippen molar-refractivity contribution in [3.05, 3.63) is 35.9 Å². The second kappa shape index (κ2) is 6.91. The van der Waals surface area contributed by atoms with Gasteiger partial charge in [-0.1, -0.05) is 36.8 Å². The Balaban J connectivity index is 1.47. The van der Waals surface area contributed by atoms with Gasteiger partial charge in [-0.25, -0.2) is 0 Å². The highest BCUT2D eigenvalue weighted by atomic mass is 16.3. The van der Waals surface area contributed by atoms with E-state index in [2.05, 4.69) is 47.5 Å². The fourth-order valence-electron chi connectivity index (χ4n) is 3.86. The zero-order chi connectivity index (χ0) is 14.7. The van der Waals surface area contributed by atoms with Crippen molar-refractivity contribution in [2.75, 3.05) is 13.1 Å². The Labute approximate surface area is 128 Å². The molecule has 4 unspecified atom stereocenters. The maximum Gasteiger partial charge on any atom is 0.0580 e. The standard InChI is InChI=1S/C18H28N2O/c1-14-10-17(19-11-16-8-5-9-18(16)21)13-20(14)12-15-6-3-2-4-7-15/h2-4,6-7,14,16-19,21H,5,8-13H2,1H3. The second-order valence-electron chi connectivity index (χ2n) is 6.86. The van der Waals surface area contributed by atoms with Crippen molar-refractivity contribution in [1.29, 1.82) is 0 Å². The lowest BCUT2D eigenvalue weighted by atomic mass is 10.1. The molecule has 3 nitrogen and oxygen atoms in total. The van der Waals surface area contributed by atoms with Crippen molar-refractivity contribution in [2.24, 2.45) is 5.92 Å². The van der Waals surface area contributed by atoms with Crippen molar-refractivity contribution >= 4 is 0 Å².